The van der Waals surface area contributed by atoms with Crippen LogP contribution in [0.25, 0.3) is 0 Å². The lowest BCUT2D eigenvalue weighted by Crippen LogP contribution is -2.67. The van der Waals surface area contributed by atoms with E-state index in [1.165, 1.54) is 0 Å². The monoisotopic (exact) mass is 431 g/mol. The van der Waals surface area contributed by atoms with Crippen LogP contribution in [0, 0.1) is 0 Å². The fraction of sp³-hybridized carbons (Fsp3) is 0.632. The summed E-state index contributed by atoms with van der Waals surface area (Å²) >= 11 is 6.15. The molecule has 0 aromatic heterocycles. The number of nitrogens with one attached hydrogen (secondary N) is 1. The van der Waals surface area contributed by atoms with Crippen LogP contribution in [0.1, 0.15) is 26.3 Å². The van der Waals surface area contributed by atoms with Gasteiger partial charge in [0.15, 0.2) is 12.4 Å². The number of aliphatic hydroxyl groups excluding tert-OH is 3. The molecule has 29 heavy (non-hydrogen) atoms. The molecule has 1 aromatic carbocycles. The Morgan fingerprint density at radius 3 is 2.52 bits per heavy atom. The summed E-state index contributed by atoms with van der Waals surface area (Å²) in [5.74, 6) is -3.00. The minimum Gasteiger partial charge on any atom is -0.479 e. The van der Waals surface area contributed by atoms with Crippen molar-refractivity contribution in [1.29, 1.82) is 0 Å². The second-order valence-electron chi connectivity index (χ2n) is 8.07. The number of halogens is 1. The molecule has 1 aromatic rings. The molecule has 10 heteroatoms. The Kier molecular flexibility index (Phi) is 6.24. The third-order valence-electron chi connectivity index (χ3n) is 5.16. The van der Waals surface area contributed by atoms with Crippen LogP contribution in [-0.4, -0.2) is 75.3 Å². The van der Waals surface area contributed by atoms with Crippen molar-refractivity contribution in [3.05, 3.63) is 34.9 Å². The van der Waals surface area contributed by atoms with Crippen LogP contribution in [-0.2, 0) is 24.8 Å². The lowest BCUT2D eigenvalue weighted by molar-refractivity contribution is -0.388. The van der Waals surface area contributed by atoms with Crippen molar-refractivity contribution in [2.75, 3.05) is 6.61 Å². The molecule has 1 unspecified atom stereocenters. The van der Waals surface area contributed by atoms with E-state index in [9.17, 15) is 25.2 Å². The lowest BCUT2D eigenvalue weighted by Gasteiger charge is -2.51. The molecule has 0 aliphatic carbocycles. The predicted octanol–water partition coefficient (Wildman–Crippen LogP) is 0.189. The van der Waals surface area contributed by atoms with Crippen molar-refractivity contribution in [3.63, 3.8) is 0 Å². The maximum absolute atomic E-state index is 11.4. The van der Waals surface area contributed by atoms with Gasteiger partial charge in [-0.3, -0.25) is 0 Å². The summed E-state index contributed by atoms with van der Waals surface area (Å²) in [5.41, 5.74) is 0.139. The van der Waals surface area contributed by atoms with Crippen LogP contribution in [0.2, 0.25) is 5.02 Å². The van der Waals surface area contributed by atoms with Gasteiger partial charge in [-0.2, -0.15) is 0 Å². The molecular formula is C19H26ClNO8. The highest BCUT2D eigenvalue weighted by molar-refractivity contribution is 6.30. The van der Waals surface area contributed by atoms with Gasteiger partial charge in [-0.25, -0.2) is 4.79 Å². The molecule has 0 radical (unpaired) electrons. The van der Waals surface area contributed by atoms with Gasteiger partial charge in [-0.15, -0.1) is 0 Å². The first-order valence-corrected chi connectivity index (χ1v) is 9.62. The number of carboxylic acids is 1. The average molecular weight is 432 g/mol. The number of benzene rings is 1. The van der Waals surface area contributed by atoms with Gasteiger partial charge in [0.1, 0.15) is 18.3 Å². The smallest absolute Gasteiger partial charge is 0.335 e. The zero-order valence-electron chi connectivity index (χ0n) is 16.3. The molecule has 2 aliphatic rings. The molecule has 7 atom stereocenters. The highest BCUT2D eigenvalue weighted by Crippen LogP contribution is 2.40. The Morgan fingerprint density at radius 2 is 1.93 bits per heavy atom. The number of carboxylic acid groups (broad SMARTS) is 1. The van der Waals surface area contributed by atoms with E-state index >= 15 is 0 Å². The van der Waals surface area contributed by atoms with Crippen LogP contribution < -0.4 is 5.32 Å². The third-order valence-corrected chi connectivity index (χ3v) is 5.39. The Balaban J connectivity index is 1.98. The minimum atomic E-state index is -1.81. The second kappa shape index (κ2) is 8.09. The number of aliphatic hydroxyl groups is 3. The first kappa shape index (κ1) is 22.4. The van der Waals surface area contributed by atoms with E-state index in [0.717, 1.165) is 0 Å². The largest absolute Gasteiger partial charge is 0.479 e. The maximum Gasteiger partial charge on any atom is 0.335 e. The summed E-state index contributed by atoms with van der Waals surface area (Å²) in [7, 11) is 0. The highest BCUT2D eigenvalue weighted by Gasteiger charge is 2.54. The number of hydrogen-bond donors (Lipinski definition) is 5. The molecule has 2 aliphatic heterocycles. The average Bonchev–Trinajstić information content (AvgIpc) is 2.63. The summed E-state index contributed by atoms with van der Waals surface area (Å²) in [6, 6.07) is 6.25. The van der Waals surface area contributed by atoms with Gasteiger partial charge in [0.2, 0.25) is 5.79 Å². The summed E-state index contributed by atoms with van der Waals surface area (Å²) in [4.78, 5) is 11.4. The molecule has 162 valence electrons. The number of ether oxygens (including phenoxy) is 3. The van der Waals surface area contributed by atoms with Crippen molar-refractivity contribution in [3.8, 4) is 0 Å². The Morgan fingerprint density at radius 1 is 1.24 bits per heavy atom. The fourth-order valence-electron chi connectivity index (χ4n) is 3.70. The van der Waals surface area contributed by atoms with Gasteiger partial charge in [-0.05, 0) is 32.9 Å². The number of aliphatic carboxylic acids is 1. The number of morpholine rings is 1. The number of hydrogen-bond acceptors (Lipinski definition) is 8. The SMILES string of the molecule is C[C@@H]1NC(C)(C)CO[C@@]1(OC1O[C@H](C(=O)O)[C@@H](O)[C@H](O)[C@H]1O)c1cccc(Cl)c1. The van der Waals surface area contributed by atoms with E-state index in [4.69, 9.17) is 25.8 Å². The Hall–Kier alpha value is -1.30. The van der Waals surface area contributed by atoms with Crippen molar-refractivity contribution in [1.82, 2.24) is 5.32 Å². The topological polar surface area (TPSA) is 138 Å². The van der Waals surface area contributed by atoms with Crippen LogP contribution in [0.5, 0.6) is 0 Å². The standard InChI is InChI=1S/C19H26ClNO8/c1-9-19(27-8-18(2,3)21-9,10-5-4-6-11(20)7-10)29-17-14(24)12(22)13(23)15(28-17)16(25)26/h4-7,9,12-15,17,21-24H,8H2,1-3H3,(H,25,26)/t9-,12-,13-,14+,15-,17?,19-/m0/s1. The zero-order valence-corrected chi connectivity index (χ0v) is 17.0. The van der Waals surface area contributed by atoms with Crippen LogP contribution in [0.4, 0.5) is 0 Å². The van der Waals surface area contributed by atoms with Gasteiger partial charge < -0.3 is 40.0 Å². The van der Waals surface area contributed by atoms with Crippen LogP contribution in [0.15, 0.2) is 24.3 Å². The molecule has 2 saturated heterocycles. The van der Waals surface area contributed by atoms with Gasteiger partial charge in [0.05, 0.1) is 12.6 Å². The number of carbonyl (C=O) groups is 1. The van der Waals surface area contributed by atoms with Crippen LogP contribution >= 0.6 is 11.6 Å². The summed E-state index contributed by atoms with van der Waals surface area (Å²) in [5, 5.41) is 43.5. The van der Waals surface area contributed by atoms with Crippen molar-refractivity contribution in [2.24, 2.45) is 0 Å². The molecule has 0 bridgehead atoms. The Bertz CT molecular complexity index is 761. The normalized spacial score (nSPS) is 39.8. The van der Waals surface area contributed by atoms with Crippen LogP contribution in [0.3, 0.4) is 0 Å². The summed E-state index contributed by atoms with van der Waals surface area (Å²) in [6.07, 6.45) is -8.67. The van der Waals surface area contributed by atoms with Gasteiger partial charge in [0.25, 0.3) is 0 Å². The second-order valence-corrected chi connectivity index (χ2v) is 8.51. The van der Waals surface area contributed by atoms with E-state index in [-0.39, 0.29) is 12.1 Å². The van der Waals surface area contributed by atoms with Gasteiger partial charge in [0, 0.05) is 16.1 Å². The fourth-order valence-corrected chi connectivity index (χ4v) is 3.89. The lowest BCUT2D eigenvalue weighted by atomic mass is 9.91. The molecule has 9 nitrogen and oxygen atoms in total. The van der Waals surface area contributed by atoms with Crippen molar-refractivity contribution >= 4 is 17.6 Å². The van der Waals surface area contributed by atoms with E-state index in [1.807, 2.05) is 13.8 Å². The third kappa shape index (κ3) is 4.28. The molecule has 5 N–H and O–H groups in total. The molecule has 0 saturated carbocycles. The first-order chi connectivity index (χ1) is 13.5. The minimum absolute atomic E-state index is 0.222. The van der Waals surface area contributed by atoms with Crippen molar-refractivity contribution < 1.29 is 39.4 Å². The zero-order chi connectivity index (χ0) is 21.6. The maximum atomic E-state index is 11.4. The van der Waals surface area contributed by atoms with Gasteiger partial charge >= 0.3 is 5.97 Å². The predicted molar refractivity (Wildman–Crippen MR) is 101 cm³/mol. The molecule has 2 fully saturated rings. The summed E-state index contributed by atoms with van der Waals surface area (Å²) < 4.78 is 17.4. The first-order valence-electron chi connectivity index (χ1n) is 9.25. The van der Waals surface area contributed by atoms with E-state index in [0.29, 0.717) is 10.6 Å². The number of rotatable bonds is 4. The molecule has 3 rings (SSSR count). The summed E-state index contributed by atoms with van der Waals surface area (Å²) in [6.45, 7) is 5.91. The van der Waals surface area contributed by atoms with E-state index < -0.39 is 48.5 Å². The molecule has 0 amide bonds. The molecule has 0 spiro atoms. The highest BCUT2D eigenvalue weighted by atomic mass is 35.5. The van der Waals surface area contributed by atoms with E-state index in [2.05, 4.69) is 5.32 Å². The molecular weight excluding hydrogens is 406 g/mol. The van der Waals surface area contributed by atoms with Crippen molar-refractivity contribution in [2.45, 2.75) is 68.8 Å². The Labute approximate surface area is 173 Å². The quantitative estimate of drug-likeness (QED) is 0.452. The van der Waals surface area contributed by atoms with Gasteiger partial charge in [-0.1, -0.05) is 23.7 Å². The molecule has 2 heterocycles. The van der Waals surface area contributed by atoms with E-state index in [1.54, 1.807) is 31.2 Å².